The van der Waals surface area contributed by atoms with Gasteiger partial charge in [0.2, 0.25) is 5.91 Å². The van der Waals surface area contributed by atoms with Crippen molar-refractivity contribution in [1.29, 1.82) is 0 Å². The Kier molecular flexibility index (Phi) is 3.50. The van der Waals surface area contributed by atoms with Crippen molar-refractivity contribution in [3.8, 4) is 0 Å². The normalized spacial score (nSPS) is 24.4. The van der Waals surface area contributed by atoms with Gasteiger partial charge in [0.05, 0.1) is 12.6 Å². The lowest BCUT2D eigenvalue weighted by molar-refractivity contribution is -0.127. The molecule has 4 heteroatoms. The van der Waals surface area contributed by atoms with Crippen LogP contribution in [0.15, 0.2) is 0 Å². The van der Waals surface area contributed by atoms with Crippen LogP contribution in [0.2, 0.25) is 0 Å². The quantitative estimate of drug-likeness (QED) is 0.672. The molecule has 2 N–H and O–H groups in total. The first-order valence-corrected chi connectivity index (χ1v) is 5.14. The van der Waals surface area contributed by atoms with Crippen molar-refractivity contribution in [1.82, 2.24) is 10.2 Å². The summed E-state index contributed by atoms with van der Waals surface area (Å²) in [4.78, 5) is 13.3. The molecular weight excluding hydrogens is 180 g/mol. The van der Waals surface area contributed by atoms with E-state index in [0.29, 0.717) is 13.1 Å². The zero-order valence-corrected chi connectivity index (χ0v) is 9.21. The highest BCUT2D eigenvalue weighted by atomic mass is 16.3. The standard InChI is InChI=1S/C10H20N2O2/c1-4-8(13)5-12-6-9(14)11-10(2,3)7-12/h8,13H,4-7H2,1-3H3,(H,11,14). The highest BCUT2D eigenvalue weighted by Crippen LogP contribution is 2.11. The van der Waals surface area contributed by atoms with Gasteiger partial charge in [0.1, 0.15) is 0 Å². The Hall–Kier alpha value is -0.610. The SMILES string of the molecule is CCC(O)CN1CC(=O)NC(C)(C)C1. The van der Waals surface area contributed by atoms with E-state index >= 15 is 0 Å². The number of aliphatic hydroxyl groups excluding tert-OH is 1. The Morgan fingerprint density at radius 1 is 1.64 bits per heavy atom. The molecular formula is C10H20N2O2. The fourth-order valence-electron chi connectivity index (χ4n) is 1.83. The fraction of sp³-hybridized carbons (Fsp3) is 0.900. The van der Waals surface area contributed by atoms with E-state index in [4.69, 9.17) is 0 Å². The Morgan fingerprint density at radius 2 is 2.29 bits per heavy atom. The smallest absolute Gasteiger partial charge is 0.234 e. The summed E-state index contributed by atoms with van der Waals surface area (Å²) >= 11 is 0. The molecule has 1 unspecified atom stereocenters. The van der Waals surface area contributed by atoms with Gasteiger partial charge in [0.25, 0.3) is 0 Å². The second kappa shape index (κ2) is 4.28. The van der Waals surface area contributed by atoms with Gasteiger partial charge in [-0.15, -0.1) is 0 Å². The second-order valence-corrected chi connectivity index (χ2v) is 4.66. The van der Waals surface area contributed by atoms with Crippen LogP contribution in [-0.4, -0.2) is 47.2 Å². The second-order valence-electron chi connectivity index (χ2n) is 4.66. The van der Waals surface area contributed by atoms with Crippen LogP contribution in [0, 0.1) is 0 Å². The molecule has 1 fully saturated rings. The highest BCUT2D eigenvalue weighted by molar-refractivity contribution is 5.79. The number of carbonyl (C=O) groups excluding carboxylic acids is 1. The minimum atomic E-state index is -0.323. The molecule has 0 radical (unpaired) electrons. The van der Waals surface area contributed by atoms with Gasteiger partial charge in [-0.2, -0.15) is 0 Å². The maximum Gasteiger partial charge on any atom is 0.234 e. The number of nitrogens with one attached hydrogen (secondary N) is 1. The number of β-amino-alcohol motifs (C(OH)–C–C–N with tert-alkyl or cyclic N) is 1. The molecule has 0 bridgehead atoms. The van der Waals surface area contributed by atoms with E-state index in [-0.39, 0.29) is 17.6 Å². The third-order valence-corrected chi connectivity index (χ3v) is 2.40. The van der Waals surface area contributed by atoms with Crippen molar-refractivity contribution >= 4 is 5.91 Å². The first kappa shape index (κ1) is 11.5. The first-order chi connectivity index (χ1) is 6.43. The van der Waals surface area contributed by atoms with Crippen LogP contribution in [0.4, 0.5) is 0 Å². The Morgan fingerprint density at radius 3 is 2.79 bits per heavy atom. The number of carbonyl (C=O) groups is 1. The number of hydrogen-bond acceptors (Lipinski definition) is 3. The van der Waals surface area contributed by atoms with E-state index in [1.54, 1.807) is 0 Å². The van der Waals surface area contributed by atoms with Gasteiger partial charge in [0.15, 0.2) is 0 Å². The van der Waals surface area contributed by atoms with Crippen LogP contribution in [0.25, 0.3) is 0 Å². The lowest BCUT2D eigenvalue weighted by Gasteiger charge is -2.39. The van der Waals surface area contributed by atoms with Gasteiger partial charge in [-0.25, -0.2) is 0 Å². The Labute approximate surface area is 85.3 Å². The van der Waals surface area contributed by atoms with E-state index in [1.807, 2.05) is 25.7 Å². The monoisotopic (exact) mass is 200 g/mol. The van der Waals surface area contributed by atoms with Crippen LogP contribution in [0.1, 0.15) is 27.2 Å². The van der Waals surface area contributed by atoms with Crippen molar-refractivity contribution in [2.75, 3.05) is 19.6 Å². The molecule has 1 rings (SSSR count). The molecule has 1 saturated heterocycles. The Bertz CT molecular complexity index is 216. The predicted molar refractivity (Wildman–Crippen MR) is 55.0 cm³/mol. The van der Waals surface area contributed by atoms with Gasteiger partial charge in [0, 0.05) is 18.6 Å². The number of amides is 1. The highest BCUT2D eigenvalue weighted by Gasteiger charge is 2.30. The maximum absolute atomic E-state index is 11.3. The van der Waals surface area contributed by atoms with Crippen molar-refractivity contribution in [2.24, 2.45) is 0 Å². The Balaban J connectivity index is 2.50. The van der Waals surface area contributed by atoms with Gasteiger partial charge in [-0.05, 0) is 20.3 Å². The molecule has 0 aromatic heterocycles. The predicted octanol–water partition coefficient (Wildman–Crippen LogP) is -0.0323. The lowest BCUT2D eigenvalue weighted by atomic mass is 10.0. The molecule has 14 heavy (non-hydrogen) atoms. The third-order valence-electron chi connectivity index (χ3n) is 2.40. The average molecular weight is 200 g/mol. The topological polar surface area (TPSA) is 52.6 Å². The third kappa shape index (κ3) is 3.27. The molecule has 1 aliphatic heterocycles. The maximum atomic E-state index is 11.3. The van der Waals surface area contributed by atoms with E-state index < -0.39 is 0 Å². The van der Waals surface area contributed by atoms with Gasteiger partial charge >= 0.3 is 0 Å². The molecule has 1 heterocycles. The van der Waals surface area contributed by atoms with Crippen molar-refractivity contribution in [2.45, 2.75) is 38.8 Å². The summed E-state index contributed by atoms with van der Waals surface area (Å²) in [6, 6.07) is 0. The molecule has 1 aliphatic rings. The minimum absolute atomic E-state index is 0.0459. The lowest BCUT2D eigenvalue weighted by Crippen LogP contribution is -2.60. The summed E-state index contributed by atoms with van der Waals surface area (Å²) in [5.74, 6) is 0.0459. The first-order valence-electron chi connectivity index (χ1n) is 5.14. The molecule has 0 aromatic rings. The number of nitrogens with zero attached hydrogens (tertiary/aromatic N) is 1. The van der Waals surface area contributed by atoms with Crippen LogP contribution in [0.5, 0.6) is 0 Å². The van der Waals surface area contributed by atoms with Crippen molar-refractivity contribution < 1.29 is 9.90 Å². The van der Waals surface area contributed by atoms with Crippen LogP contribution >= 0.6 is 0 Å². The fourth-order valence-corrected chi connectivity index (χ4v) is 1.83. The van der Waals surface area contributed by atoms with E-state index in [1.165, 1.54) is 0 Å². The van der Waals surface area contributed by atoms with Crippen molar-refractivity contribution in [3.63, 3.8) is 0 Å². The summed E-state index contributed by atoms with van der Waals surface area (Å²) < 4.78 is 0. The molecule has 82 valence electrons. The number of hydrogen-bond donors (Lipinski definition) is 2. The number of rotatable bonds is 3. The number of piperazine rings is 1. The molecule has 1 atom stereocenters. The summed E-state index contributed by atoms with van der Waals surface area (Å²) in [5.41, 5.74) is -0.178. The van der Waals surface area contributed by atoms with Gasteiger partial charge in [-0.3, -0.25) is 9.69 Å². The molecule has 0 aromatic carbocycles. The largest absolute Gasteiger partial charge is 0.392 e. The van der Waals surface area contributed by atoms with Gasteiger partial charge in [-0.1, -0.05) is 6.92 Å². The summed E-state index contributed by atoms with van der Waals surface area (Å²) in [6.45, 7) is 7.73. The molecule has 4 nitrogen and oxygen atoms in total. The van der Waals surface area contributed by atoms with Gasteiger partial charge < -0.3 is 10.4 Å². The molecule has 0 aliphatic carbocycles. The van der Waals surface area contributed by atoms with E-state index in [0.717, 1.165) is 13.0 Å². The minimum Gasteiger partial charge on any atom is -0.392 e. The molecule has 1 amide bonds. The molecule has 0 spiro atoms. The van der Waals surface area contributed by atoms with Crippen LogP contribution in [0.3, 0.4) is 0 Å². The zero-order valence-electron chi connectivity index (χ0n) is 9.21. The van der Waals surface area contributed by atoms with Crippen molar-refractivity contribution in [3.05, 3.63) is 0 Å². The summed E-state index contributed by atoms with van der Waals surface area (Å²) in [7, 11) is 0. The van der Waals surface area contributed by atoms with Crippen LogP contribution < -0.4 is 5.32 Å². The van der Waals surface area contributed by atoms with E-state index in [2.05, 4.69) is 5.32 Å². The van der Waals surface area contributed by atoms with Crippen LogP contribution in [-0.2, 0) is 4.79 Å². The summed E-state index contributed by atoms with van der Waals surface area (Å²) in [5, 5.41) is 12.4. The zero-order chi connectivity index (χ0) is 10.8. The average Bonchev–Trinajstić information content (AvgIpc) is 1.99. The summed E-state index contributed by atoms with van der Waals surface area (Å²) in [6.07, 6.45) is 0.412. The number of aliphatic hydroxyl groups is 1. The van der Waals surface area contributed by atoms with E-state index in [9.17, 15) is 9.90 Å². The molecule has 0 saturated carbocycles.